The summed E-state index contributed by atoms with van der Waals surface area (Å²) in [5, 5.41) is 0. The van der Waals surface area contributed by atoms with Crippen LogP contribution in [0.3, 0.4) is 0 Å². The second kappa shape index (κ2) is 6.20. The van der Waals surface area contributed by atoms with Gasteiger partial charge < -0.3 is 10.5 Å². The number of likely N-dealkylation sites (N-methyl/N-ethyl adjacent to an activating group) is 1. The molecular formula is C16H25FN2O. The maximum Gasteiger partial charge on any atom is 0.126 e. The molecule has 0 saturated carbocycles. The third-order valence-corrected chi connectivity index (χ3v) is 4.65. The van der Waals surface area contributed by atoms with Crippen LogP contribution in [0.1, 0.15) is 25.8 Å². The molecule has 3 atom stereocenters. The first-order valence-corrected chi connectivity index (χ1v) is 7.26. The van der Waals surface area contributed by atoms with Gasteiger partial charge in [-0.15, -0.1) is 0 Å². The summed E-state index contributed by atoms with van der Waals surface area (Å²) in [7, 11) is 2.07. The zero-order chi connectivity index (χ0) is 14.8. The van der Waals surface area contributed by atoms with E-state index in [0.29, 0.717) is 19.0 Å². The summed E-state index contributed by atoms with van der Waals surface area (Å²) < 4.78 is 19.5. The molecule has 1 aliphatic rings. The summed E-state index contributed by atoms with van der Waals surface area (Å²) in [6, 6.07) is 7.28. The van der Waals surface area contributed by atoms with Crippen molar-refractivity contribution in [3.05, 3.63) is 35.6 Å². The highest BCUT2D eigenvalue weighted by atomic mass is 19.1. The number of nitrogens with zero attached hydrogens (tertiary/aromatic N) is 1. The third-order valence-electron chi connectivity index (χ3n) is 4.65. The Bertz CT molecular complexity index is 454. The summed E-state index contributed by atoms with van der Waals surface area (Å²) >= 11 is 0. The molecule has 1 aromatic rings. The van der Waals surface area contributed by atoms with E-state index in [9.17, 15) is 4.39 Å². The Labute approximate surface area is 120 Å². The normalized spacial score (nSPS) is 25.9. The van der Waals surface area contributed by atoms with Crippen molar-refractivity contribution in [3.63, 3.8) is 0 Å². The van der Waals surface area contributed by atoms with E-state index in [1.165, 1.54) is 6.07 Å². The summed E-state index contributed by atoms with van der Waals surface area (Å²) in [5.74, 6) is -0.156. The zero-order valence-corrected chi connectivity index (χ0v) is 12.6. The van der Waals surface area contributed by atoms with Crippen molar-refractivity contribution in [2.45, 2.75) is 44.4 Å². The first kappa shape index (κ1) is 15.4. The molecule has 20 heavy (non-hydrogen) atoms. The average Bonchev–Trinajstić information content (AvgIpc) is 2.86. The molecule has 0 radical (unpaired) electrons. The molecule has 3 unspecified atom stereocenters. The molecule has 1 aromatic carbocycles. The number of rotatable bonds is 5. The van der Waals surface area contributed by atoms with Gasteiger partial charge in [-0.2, -0.15) is 0 Å². The Balaban J connectivity index is 2.18. The lowest BCUT2D eigenvalue weighted by Gasteiger charge is -2.43. The lowest BCUT2D eigenvalue weighted by molar-refractivity contribution is 0.0358. The number of benzene rings is 1. The van der Waals surface area contributed by atoms with Crippen molar-refractivity contribution in [2.24, 2.45) is 5.73 Å². The third kappa shape index (κ3) is 3.03. The van der Waals surface area contributed by atoms with Gasteiger partial charge in [0.1, 0.15) is 5.82 Å². The number of halogens is 1. The summed E-state index contributed by atoms with van der Waals surface area (Å²) in [6.45, 7) is 5.47. The van der Waals surface area contributed by atoms with Crippen molar-refractivity contribution in [2.75, 3.05) is 20.2 Å². The van der Waals surface area contributed by atoms with Crippen LogP contribution in [0.5, 0.6) is 0 Å². The first-order valence-electron chi connectivity index (χ1n) is 7.26. The van der Waals surface area contributed by atoms with E-state index in [1.54, 1.807) is 6.07 Å². The predicted molar refractivity (Wildman–Crippen MR) is 79.1 cm³/mol. The molecule has 0 aliphatic carbocycles. The Morgan fingerprint density at radius 1 is 1.45 bits per heavy atom. The van der Waals surface area contributed by atoms with Gasteiger partial charge in [0.25, 0.3) is 0 Å². The van der Waals surface area contributed by atoms with Crippen LogP contribution in [0.25, 0.3) is 0 Å². The van der Waals surface area contributed by atoms with Gasteiger partial charge in [0, 0.05) is 24.7 Å². The van der Waals surface area contributed by atoms with Gasteiger partial charge >= 0.3 is 0 Å². The topological polar surface area (TPSA) is 38.5 Å². The molecule has 1 fully saturated rings. The van der Waals surface area contributed by atoms with E-state index < -0.39 is 0 Å². The van der Waals surface area contributed by atoms with Crippen LogP contribution in [0.15, 0.2) is 24.3 Å². The van der Waals surface area contributed by atoms with Crippen molar-refractivity contribution in [3.8, 4) is 0 Å². The van der Waals surface area contributed by atoms with Gasteiger partial charge in [0.05, 0.1) is 6.10 Å². The summed E-state index contributed by atoms with van der Waals surface area (Å²) in [4.78, 5) is 2.27. The Kier molecular flexibility index (Phi) is 4.78. The molecule has 3 nitrogen and oxygen atoms in total. The van der Waals surface area contributed by atoms with Crippen molar-refractivity contribution in [1.29, 1.82) is 0 Å². The standard InChI is InChI=1S/C16H25FN2O/c1-12-15(8-9-20-12)19(3)16(2,11-18)10-13-6-4-5-7-14(13)17/h4-7,12,15H,8-11,18H2,1-3H3. The fraction of sp³-hybridized carbons (Fsp3) is 0.625. The highest BCUT2D eigenvalue weighted by Crippen LogP contribution is 2.28. The Hall–Kier alpha value is -0.970. The van der Waals surface area contributed by atoms with Crippen molar-refractivity contribution < 1.29 is 9.13 Å². The highest BCUT2D eigenvalue weighted by Gasteiger charge is 2.38. The predicted octanol–water partition coefficient (Wildman–Crippen LogP) is 2.19. The highest BCUT2D eigenvalue weighted by molar-refractivity contribution is 5.20. The minimum atomic E-state index is -0.269. The molecule has 1 aliphatic heterocycles. The van der Waals surface area contributed by atoms with Gasteiger partial charge in [0.15, 0.2) is 0 Å². The molecule has 0 spiro atoms. The second-order valence-electron chi connectivity index (χ2n) is 6.01. The molecule has 2 rings (SSSR count). The second-order valence-corrected chi connectivity index (χ2v) is 6.01. The van der Waals surface area contributed by atoms with Gasteiger partial charge in [-0.25, -0.2) is 4.39 Å². The van der Waals surface area contributed by atoms with E-state index in [4.69, 9.17) is 10.5 Å². The minimum absolute atomic E-state index is 0.156. The van der Waals surface area contributed by atoms with Crippen molar-refractivity contribution >= 4 is 0 Å². The molecule has 1 heterocycles. The van der Waals surface area contributed by atoms with Gasteiger partial charge in [-0.1, -0.05) is 18.2 Å². The summed E-state index contributed by atoms with van der Waals surface area (Å²) in [5.41, 5.74) is 6.47. The molecule has 0 amide bonds. The molecule has 0 bridgehead atoms. The number of hydrogen-bond acceptors (Lipinski definition) is 3. The monoisotopic (exact) mass is 280 g/mol. The SMILES string of the molecule is CC1OCCC1N(C)C(C)(CN)Cc1ccccc1F. The fourth-order valence-corrected chi connectivity index (χ4v) is 3.02. The molecule has 2 N–H and O–H groups in total. The quantitative estimate of drug-likeness (QED) is 0.898. The van der Waals surface area contributed by atoms with Crippen LogP contribution in [0.2, 0.25) is 0 Å². The zero-order valence-electron chi connectivity index (χ0n) is 12.6. The van der Waals surface area contributed by atoms with E-state index in [2.05, 4.69) is 25.8 Å². The molecule has 0 aromatic heterocycles. The van der Waals surface area contributed by atoms with E-state index in [0.717, 1.165) is 18.6 Å². The fourth-order valence-electron chi connectivity index (χ4n) is 3.02. The lowest BCUT2D eigenvalue weighted by atomic mass is 9.88. The summed E-state index contributed by atoms with van der Waals surface area (Å²) in [6.07, 6.45) is 1.81. The Morgan fingerprint density at radius 3 is 2.70 bits per heavy atom. The molecular weight excluding hydrogens is 255 g/mol. The molecule has 112 valence electrons. The first-order chi connectivity index (χ1) is 9.48. The van der Waals surface area contributed by atoms with E-state index >= 15 is 0 Å². The van der Waals surface area contributed by atoms with Crippen molar-refractivity contribution in [1.82, 2.24) is 4.90 Å². The maximum atomic E-state index is 13.9. The lowest BCUT2D eigenvalue weighted by Crippen LogP contribution is -2.57. The molecule has 4 heteroatoms. The van der Waals surface area contributed by atoms with Gasteiger partial charge in [-0.3, -0.25) is 4.90 Å². The smallest absolute Gasteiger partial charge is 0.126 e. The van der Waals surface area contributed by atoms with Crippen LogP contribution in [-0.4, -0.2) is 42.8 Å². The van der Waals surface area contributed by atoms with E-state index in [-0.39, 0.29) is 17.5 Å². The number of hydrogen-bond donors (Lipinski definition) is 1. The molecule has 1 saturated heterocycles. The number of ether oxygens (including phenoxy) is 1. The van der Waals surface area contributed by atoms with Crippen LogP contribution < -0.4 is 5.73 Å². The number of nitrogens with two attached hydrogens (primary N) is 1. The van der Waals surface area contributed by atoms with E-state index in [1.807, 2.05) is 12.1 Å². The van der Waals surface area contributed by atoms with Gasteiger partial charge in [-0.05, 0) is 45.4 Å². The average molecular weight is 280 g/mol. The largest absolute Gasteiger partial charge is 0.377 e. The Morgan fingerprint density at radius 2 is 2.15 bits per heavy atom. The van der Waals surface area contributed by atoms with Crippen LogP contribution in [-0.2, 0) is 11.2 Å². The maximum absolute atomic E-state index is 13.9. The van der Waals surface area contributed by atoms with Gasteiger partial charge in [0.2, 0.25) is 0 Å². The van der Waals surface area contributed by atoms with Crippen LogP contribution >= 0.6 is 0 Å². The van der Waals surface area contributed by atoms with Crippen LogP contribution in [0.4, 0.5) is 4.39 Å². The van der Waals surface area contributed by atoms with Crippen LogP contribution in [0, 0.1) is 5.82 Å². The minimum Gasteiger partial charge on any atom is -0.377 e.